The van der Waals surface area contributed by atoms with Gasteiger partial charge in [-0.05, 0) is 43.3 Å². The van der Waals surface area contributed by atoms with E-state index in [9.17, 15) is 4.79 Å². The molecular weight excluding hydrogens is 330 g/mol. The first-order valence-electron chi connectivity index (χ1n) is 8.34. The Morgan fingerprint density at radius 2 is 1.85 bits per heavy atom. The number of methoxy groups -OCH3 is 1. The Balaban J connectivity index is 1.55. The molecule has 0 saturated carbocycles. The second-order valence-electron chi connectivity index (χ2n) is 5.74. The third-order valence-corrected chi connectivity index (χ3v) is 3.94. The normalized spacial score (nSPS) is 10.4. The summed E-state index contributed by atoms with van der Waals surface area (Å²) in [6.07, 6.45) is 3.98. The number of hydrogen-bond acceptors (Lipinski definition) is 4. The zero-order valence-corrected chi connectivity index (χ0v) is 14.8. The first-order valence-corrected chi connectivity index (χ1v) is 8.34. The van der Waals surface area contributed by atoms with Crippen LogP contribution in [0, 0.1) is 6.92 Å². The highest BCUT2D eigenvalue weighted by atomic mass is 16.5. The lowest BCUT2D eigenvalue weighted by atomic mass is 10.2. The number of imidazole rings is 1. The third-order valence-electron chi connectivity index (χ3n) is 3.94. The third kappa shape index (κ3) is 4.42. The zero-order chi connectivity index (χ0) is 18.4. The molecule has 26 heavy (non-hydrogen) atoms. The van der Waals surface area contributed by atoms with Crippen LogP contribution in [0.15, 0.2) is 60.9 Å². The summed E-state index contributed by atoms with van der Waals surface area (Å²) >= 11 is 0. The topological polar surface area (TPSA) is 65.4 Å². The molecule has 1 amide bonds. The highest BCUT2D eigenvalue weighted by molar-refractivity contribution is 5.90. The van der Waals surface area contributed by atoms with Crippen molar-refractivity contribution in [3.05, 3.63) is 66.7 Å². The number of para-hydroxylation sites is 2. The van der Waals surface area contributed by atoms with E-state index < -0.39 is 0 Å². The number of carbonyl (C=O) groups excluding carboxylic acids is 1. The number of aryl methyl sites for hydroxylation is 2. The van der Waals surface area contributed by atoms with Gasteiger partial charge in [-0.25, -0.2) is 4.98 Å². The van der Waals surface area contributed by atoms with Crippen LogP contribution in [0.4, 0.5) is 5.69 Å². The molecule has 0 aliphatic carbocycles. The Labute approximate surface area is 152 Å². The summed E-state index contributed by atoms with van der Waals surface area (Å²) in [6.45, 7) is 2.52. The zero-order valence-electron chi connectivity index (χ0n) is 14.8. The molecule has 0 bridgehead atoms. The van der Waals surface area contributed by atoms with Gasteiger partial charge in [0.1, 0.15) is 11.6 Å². The van der Waals surface area contributed by atoms with E-state index in [4.69, 9.17) is 9.47 Å². The van der Waals surface area contributed by atoms with Crippen molar-refractivity contribution in [2.24, 2.45) is 0 Å². The van der Waals surface area contributed by atoms with Crippen LogP contribution in [0.5, 0.6) is 17.2 Å². The number of ether oxygens (including phenoxy) is 2. The van der Waals surface area contributed by atoms with Gasteiger partial charge in [-0.3, -0.25) is 4.79 Å². The Morgan fingerprint density at radius 3 is 2.50 bits per heavy atom. The predicted molar refractivity (Wildman–Crippen MR) is 99.7 cm³/mol. The first kappa shape index (κ1) is 17.5. The van der Waals surface area contributed by atoms with Crippen LogP contribution in [0.2, 0.25) is 0 Å². The number of nitrogens with zero attached hydrogens (tertiary/aromatic N) is 2. The van der Waals surface area contributed by atoms with E-state index in [-0.39, 0.29) is 5.91 Å². The van der Waals surface area contributed by atoms with Crippen molar-refractivity contribution in [3.8, 4) is 17.2 Å². The summed E-state index contributed by atoms with van der Waals surface area (Å²) in [5.41, 5.74) is 0.727. The van der Waals surface area contributed by atoms with Gasteiger partial charge < -0.3 is 19.4 Å². The van der Waals surface area contributed by atoms with Gasteiger partial charge in [0.15, 0.2) is 11.5 Å². The molecule has 0 spiro atoms. The van der Waals surface area contributed by atoms with Gasteiger partial charge in [0.2, 0.25) is 5.91 Å². The molecule has 1 heterocycles. The minimum Gasteiger partial charge on any atom is -0.493 e. The van der Waals surface area contributed by atoms with Crippen LogP contribution in [0.1, 0.15) is 12.2 Å². The minimum absolute atomic E-state index is 0.0449. The van der Waals surface area contributed by atoms with Crippen molar-refractivity contribution in [1.82, 2.24) is 9.55 Å². The molecule has 0 atom stereocenters. The highest BCUT2D eigenvalue weighted by Gasteiger charge is 2.06. The summed E-state index contributed by atoms with van der Waals surface area (Å²) in [5, 5.41) is 2.88. The summed E-state index contributed by atoms with van der Waals surface area (Å²) < 4.78 is 13.0. The van der Waals surface area contributed by atoms with Gasteiger partial charge in [-0.15, -0.1) is 0 Å². The van der Waals surface area contributed by atoms with E-state index in [2.05, 4.69) is 10.3 Å². The molecule has 1 N–H and O–H groups in total. The number of nitrogens with one attached hydrogen (secondary N) is 1. The molecule has 0 aliphatic rings. The Kier molecular flexibility index (Phi) is 5.53. The molecule has 0 aliphatic heterocycles. The van der Waals surface area contributed by atoms with Gasteiger partial charge in [0, 0.05) is 31.0 Å². The van der Waals surface area contributed by atoms with Crippen molar-refractivity contribution in [2.75, 3.05) is 12.4 Å². The van der Waals surface area contributed by atoms with Crippen molar-refractivity contribution in [1.29, 1.82) is 0 Å². The molecule has 1 aromatic heterocycles. The number of aromatic nitrogens is 2. The predicted octanol–water partition coefficient (Wildman–Crippen LogP) is 4.02. The quantitative estimate of drug-likeness (QED) is 0.698. The standard InChI is InChI=1S/C20H21N3O3/c1-15-21-12-14-23(15)13-11-20(24)22-16-7-9-17(10-8-16)26-19-6-4-3-5-18(19)25-2/h3-10,12,14H,11,13H2,1-2H3,(H,22,24). The van der Waals surface area contributed by atoms with Gasteiger partial charge in [0.25, 0.3) is 0 Å². The molecule has 6 nitrogen and oxygen atoms in total. The van der Waals surface area contributed by atoms with E-state index >= 15 is 0 Å². The highest BCUT2D eigenvalue weighted by Crippen LogP contribution is 2.31. The second kappa shape index (κ2) is 8.20. The Bertz CT molecular complexity index is 872. The van der Waals surface area contributed by atoms with Crippen LogP contribution in [-0.4, -0.2) is 22.6 Å². The van der Waals surface area contributed by atoms with E-state index in [1.54, 1.807) is 13.3 Å². The van der Waals surface area contributed by atoms with E-state index in [0.717, 1.165) is 11.5 Å². The number of amides is 1. The van der Waals surface area contributed by atoms with Crippen molar-refractivity contribution in [2.45, 2.75) is 19.9 Å². The van der Waals surface area contributed by atoms with E-state index in [1.165, 1.54) is 0 Å². The molecular formula is C20H21N3O3. The molecule has 6 heteroatoms. The Hall–Kier alpha value is -3.28. The fraction of sp³-hybridized carbons (Fsp3) is 0.200. The summed E-state index contributed by atoms with van der Waals surface area (Å²) in [4.78, 5) is 16.2. The lowest BCUT2D eigenvalue weighted by Gasteiger charge is -2.11. The maximum absolute atomic E-state index is 12.1. The molecule has 0 radical (unpaired) electrons. The number of carbonyl (C=O) groups is 1. The second-order valence-corrected chi connectivity index (χ2v) is 5.74. The fourth-order valence-electron chi connectivity index (χ4n) is 2.52. The van der Waals surface area contributed by atoms with Crippen molar-refractivity contribution >= 4 is 11.6 Å². The Morgan fingerprint density at radius 1 is 1.12 bits per heavy atom. The van der Waals surface area contributed by atoms with Crippen molar-refractivity contribution < 1.29 is 14.3 Å². The lowest BCUT2D eigenvalue weighted by molar-refractivity contribution is -0.116. The van der Waals surface area contributed by atoms with Gasteiger partial charge in [-0.1, -0.05) is 12.1 Å². The van der Waals surface area contributed by atoms with Gasteiger partial charge >= 0.3 is 0 Å². The van der Waals surface area contributed by atoms with Crippen LogP contribution >= 0.6 is 0 Å². The minimum atomic E-state index is -0.0449. The number of anilines is 1. The number of hydrogen-bond donors (Lipinski definition) is 1. The lowest BCUT2D eigenvalue weighted by Crippen LogP contribution is -2.14. The molecule has 0 saturated heterocycles. The van der Waals surface area contributed by atoms with Crippen LogP contribution in [0.25, 0.3) is 0 Å². The average Bonchev–Trinajstić information content (AvgIpc) is 3.07. The summed E-state index contributed by atoms with van der Waals surface area (Å²) in [6, 6.07) is 14.7. The number of rotatable bonds is 7. The van der Waals surface area contributed by atoms with Gasteiger partial charge in [0.05, 0.1) is 7.11 Å². The number of benzene rings is 2. The first-order chi connectivity index (χ1) is 12.7. The fourth-order valence-corrected chi connectivity index (χ4v) is 2.52. The monoisotopic (exact) mass is 351 g/mol. The van der Waals surface area contributed by atoms with Crippen LogP contribution in [0.3, 0.4) is 0 Å². The average molecular weight is 351 g/mol. The van der Waals surface area contributed by atoms with Gasteiger partial charge in [-0.2, -0.15) is 0 Å². The molecule has 0 unspecified atom stereocenters. The van der Waals surface area contributed by atoms with Crippen molar-refractivity contribution in [3.63, 3.8) is 0 Å². The van der Waals surface area contributed by atoms with Crippen LogP contribution < -0.4 is 14.8 Å². The van der Waals surface area contributed by atoms with E-state index in [1.807, 2.05) is 66.2 Å². The summed E-state index contributed by atoms with van der Waals surface area (Å²) in [5.74, 6) is 2.83. The SMILES string of the molecule is COc1ccccc1Oc1ccc(NC(=O)CCn2ccnc2C)cc1. The molecule has 2 aromatic carbocycles. The van der Waals surface area contributed by atoms with Crippen LogP contribution in [-0.2, 0) is 11.3 Å². The molecule has 134 valence electrons. The molecule has 3 rings (SSSR count). The largest absolute Gasteiger partial charge is 0.493 e. The smallest absolute Gasteiger partial charge is 0.226 e. The summed E-state index contributed by atoms with van der Waals surface area (Å²) in [7, 11) is 1.60. The molecule has 3 aromatic rings. The van der Waals surface area contributed by atoms with E-state index in [0.29, 0.717) is 30.2 Å². The maximum Gasteiger partial charge on any atom is 0.226 e. The molecule has 0 fully saturated rings. The maximum atomic E-state index is 12.1.